The first-order valence-corrected chi connectivity index (χ1v) is 12.9. The highest BCUT2D eigenvalue weighted by atomic mass is 16.7. The standard InChI is InChI=1S/C26H41NO8/c1-7-15-20(17(29)8-2)22(30)21(26(15,4)5)18(9-11-28)34-19-13-16-23(14(3)33-19)35-24-25(31-6)32-12-10-27(16)24/h14,16,18-19,23-25,28,30H,7-13H2,1-6H3/t14-,16-,18-,19-,23+,24+,25-/m0/s1. The molecular weight excluding hydrogens is 454 g/mol. The zero-order valence-electron chi connectivity index (χ0n) is 21.8. The molecule has 0 unspecified atom stereocenters. The maximum atomic E-state index is 12.7. The molecule has 3 saturated heterocycles. The molecule has 0 aromatic rings. The van der Waals surface area contributed by atoms with Crippen molar-refractivity contribution in [3.8, 4) is 0 Å². The number of Topliss-reactive ketones (excluding diaryl/α,β-unsaturated/α-hetero) is 1. The number of carbonyl (C=O) groups excluding carboxylic acids is 1. The average Bonchev–Trinajstić information content (AvgIpc) is 3.30. The number of aliphatic hydroxyl groups excluding tert-OH is 2. The minimum Gasteiger partial charge on any atom is -0.507 e. The first-order valence-electron chi connectivity index (χ1n) is 12.9. The summed E-state index contributed by atoms with van der Waals surface area (Å²) in [5.74, 6) is -0.0796. The minimum absolute atomic E-state index is 0.000682. The van der Waals surface area contributed by atoms with E-state index >= 15 is 0 Å². The van der Waals surface area contributed by atoms with Gasteiger partial charge in [-0.3, -0.25) is 9.69 Å². The van der Waals surface area contributed by atoms with Crippen LogP contribution in [0, 0.1) is 5.41 Å². The van der Waals surface area contributed by atoms with Crippen LogP contribution in [0.2, 0.25) is 0 Å². The summed E-state index contributed by atoms with van der Waals surface area (Å²) >= 11 is 0. The Balaban J connectivity index is 1.58. The molecule has 198 valence electrons. The van der Waals surface area contributed by atoms with E-state index in [4.69, 9.17) is 23.7 Å². The van der Waals surface area contributed by atoms with Crippen LogP contribution >= 0.6 is 0 Å². The lowest BCUT2D eigenvalue weighted by Crippen LogP contribution is -2.55. The van der Waals surface area contributed by atoms with Crippen LogP contribution in [-0.4, -0.2) is 90.9 Å². The Labute approximate surface area is 208 Å². The molecule has 3 aliphatic heterocycles. The first-order chi connectivity index (χ1) is 16.7. The molecule has 0 aromatic carbocycles. The summed E-state index contributed by atoms with van der Waals surface area (Å²) in [6.07, 6.45) is -0.421. The predicted octanol–water partition coefficient (Wildman–Crippen LogP) is 2.82. The number of fused-ring (bicyclic) bond motifs is 3. The lowest BCUT2D eigenvalue weighted by Gasteiger charge is -2.41. The van der Waals surface area contributed by atoms with Crippen molar-refractivity contribution in [3.05, 3.63) is 22.5 Å². The average molecular weight is 496 g/mol. The molecule has 3 fully saturated rings. The van der Waals surface area contributed by atoms with Crippen molar-refractivity contribution in [2.45, 2.75) is 103 Å². The lowest BCUT2D eigenvalue weighted by atomic mass is 9.76. The van der Waals surface area contributed by atoms with E-state index in [9.17, 15) is 15.0 Å². The van der Waals surface area contributed by atoms with Gasteiger partial charge < -0.3 is 33.9 Å². The topological polar surface area (TPSA) is 107 Å². The van der Waals surface area contributed by atoms with Crippen LogP contribution in [0.3, 0.4) is 0 Å². The highest BCUT2D eigenvalue weighted by Gasteiger charge is 2.54. The number of allylic oxidation sites excluding steroid dienone is 2. The van der Waals surface area contributed by atoms with Gasteiger partial charge in [-0.1, -0.05) is 27.7 Å². The molecule has 4 aliphatic rings. The zero-order chi connectivity index (χ0) is 25.5. The van der Waals surface area contributed by atoms with Crippen molar-refractivity contribution < 1.29 is 38.7 Å². The quantitative estimate of drug-likeness (QED) is 0.499. The Kier molecular flexibility index (Phi) is 8.07. The molecule has 9 nitrogen and oxygen atoms in total. The highest BCUT2D eigenvalue weighted by molar-refractivity contribution is 6.01. The van der Waals surface area contributed by atoms with E-state index in [2.05, 4.69) is 4.90 Å². The number of hydrogen-bond acceptors (Lipinski definition) is 9. The second-order valence-corrected chi connectivity index (χ2v) is 10.3. The molecule has 35 heavy (non-hydrogen) atoms. The molecule has 9 heteroatoms. The van der Waals surface area contributed by atoms with E-state index in [-0.39, 0.29) is 49.0 Å². The van der Waals surface area contributed by atoms with Crippen molar-refractivity contribution in [2.24, 2.45) is 5.41 Å². The van der Waals surface area contributed by atoms with E-state index in [0.29, 0.717) is 37.0 Å². The van der Waals surface area contributed by atoms with Gasteiger partial charge in [0.25, 0.3) is 0 Å². The van der Waals surface area contributed by atoms with Crippen LogP contribution < -0.4 is 0 Å². The van der Waals surface area contributed by atoms with Crippen LogP contribution in [0.4, 0.5) is 0 Å². The van der Waals surface area contributed by atoms with Gasteiger partial charge in [0.15, 0.2) is 24.6 Å². The SMILES string of the molecule is CCC(=O)C1=C(CC)C(C)(C)C([C@H](CCO)O[C@H]2C[C@H]3[C@H](O[C@@H]4[C@@H](OC)OCCN43)[C@H](C)O2)=C1O. The summed E-state index contributed by atoms with van der Waals surface area (Å²) in [7, 11) is 1.62. The number of nitrogens with zero attached hydrogens (tertiary/aromatic N) is 1. The predicted molar refractivity (Wildman–Crippen MR) is 127 cm³/mol. The molecule has 4 rings (SSSR count). The van der Waals surface area contributed by atoms with Crippen LogP contribution in [0.15, 0.2) is 22.5 Å². The fourth-order valence-corrected chi connectivity index (χ4v) is 6.39. The number of ether oxygens (including phenoxy) is 5. The largest absolute Gasteiger partial charge is 0.507 e. The van der Waals surface area contributed by atoms with Gasteiger partial charge in [-0.25, -0.2) is 0 Å². The van der Waals surface area contributed by atoms with Crippen molar-refractivity contribution in [1.29, 1.82) is 0 Å². The number of carbonyl (C=O) groups is 1. The van der Waals surface area contributed by atoms with E-state index in [1.54, 1.807) is 14.0 Å². The normalized spacial score (nSPS) is 35.9. The van der Waals surface area contributed by atoms with Gasteiger partial charge in [0, 0.05) is 56.6 Å². The van der Waals surface area contributed by atoms with Crippen molar-refractivity contribution in [2.75, 3.05) is 26.9 Å². The summed E-state index contributed by atoms with van der Waals surface area (Å²) in [6, 6.07) is 0.0748. The highest BCUT2D eigenvalue weighted by Crippen LogP contribution is 2.51. The molecule has 0 radical (unpaired) electrons. The van der Waals surface area contributed by atoms with Crippen LogP contribution in [0.25, 0.3) is 0 Å². The lowest BCUT2D eigenvalue weighted by molar-refractivity contribution is -0.252. The Morgan fingerprint density at radius 3 is 2.66 bits per heavy atom. The Morgan fingerprint density at radius 1 is 1.29 bits per heavy atom. The molecule has 0 saturated carbocycles. The van der Waals surface area contributed by atoms with Gasteiger partial charge in [-0.2, -0.15) is 0 Å². The number of ketones is 1. The first kappa shape index (κ1) is 26.7. The number of aliphatic hydroxyl groups is 2. The van der Waals surface area contributed by atoms with E-state index in [1.165, 1.54) is 0 Å². The summed E-state index contributed by atoms with van der Waals surface area (Å²) < 4.78 is 30.2. The van der Waals surface area contributed by atoms with Gasteiger partial charge in [0.1, 0.15) is 11.9 Å². The van der Waals surface area contributed by atoms with Gasteiger partial charge in [-0.05, 0) is 18.9 Å². The van der Waals surface area contributed by atoms with E-state index in [0.717, 1.165) is 12.1 Å². The van der Waals surface area contributed by atoms with Crippen LogP contribution in [0.5, 0.6) is 0 Å². The number of morpholine rings is 1. The maximum absolute atomic E-state index is 12.7. The molecule has 1 aliphatic carbocycles. The summed E-state index contributed by atoms with van der Waals surface area (Å²) in [5.41, 5.74) is 1.39. The summed E-state index contributed by atoms with van der Waals surface area (Å²) in [4.78, 5) is 15.0. The number of methoxy groups -OCH3 is 1. The zero-order valence-corrected chi connectivity index (χ0v) is 21.8. The molecule has 0 spiro atoms. The molecule has 0 aromatic heterocycles. The van der Waals surface area contributed by atoms with Crippen molar-refractivity contribution >= 4 is 5.78 Å². The smallest absolute Gasteiger partial charge is 0.197 e. The van der Waals surface area contributed by atoms with E-state index < -0.39 is 24.1 Å². The summed E-state index contributed by atoms with van der Waals surface area (Å²) in [6.45, 7) is 11.0. The van der Waals surface area contributed by atoms with Crippen LogP contribution in [0.1, 0.15) is 60.3 Å². The third-order valence-corrected chi connectivity index (χ3v) is 7.99. The fraction of sp³-hybridized carbons (Fsp3) is 0.808. The van der Waals surface area contributed by atoms with Gasteiger partial charge >= 0.3 is 0 Å². The molecule has 0 bridgehead atoms. The second-order valence-electron chi connectivity index (χ2n) is 10.3. The fourth-order valence-electron chi connectivity index (χ4n) is 6.39. The molecule has 2 N–H and O–H groups in total. The Hall–Kier alpha value is -1.33. The second kappa shape index (κ2) is 10.6. The Bertz CT molecular complexity index is 867. The molecule has 7 atom stereocenters. The number of hydrogen-bond donors (Lipinski definition) is 2. The summed E-state index contributed by atoms with van der Waals surface area (Å²) in [5, 5.41) is 21.1. The van der Waals surface area contributed by atoms with Crippen molar-refractivity contribution in [1.82, 2.24) is 4.90 Å². The number of rotatable bonds is 9. The monoisotopic (exact) mass is 495 g/mol. The van der Waals surface area contributed by atoms with Crippen LogP contribution in [-0.2, 0) is 28.5 Å². The third kappa shape index (κ3) is 4.61. The molecule has 0 amide bonds. The van der Waals surface area contributed by atoms with Gasteiger partial charge in [-0.15, -0.1) is 0 Å². The third-order valence-electron chi connectivity index (χ3n) is 7.99. The van der Waals surface area contributed by atoms with Gasteiger partial charge in [0.05, 0.1) is 24.4 Å². The molecular formula is C26H41NO8. The van der Waals surface area contributed by atoms with Gasteiger partial charge in [0.2, 0.25) is 0 Å². The maximum Gasteiger partial charge on any atom is 0.197 e. The van der Waals surface area contributed by atoms with E-state index in [1.807, 2.05) is 27.7 Å². The molecule has 3 heterocycles. The Morgan fingerprint density at radius 2 is 2.03 bits per heavy atom. The van der Waals surface area contributed by atoms with Crippen molar-refractivity contribution in [3.63, 3.8) is 0 Å². The minimum atomic E-state index is -0.595.